The molecule has 1 heterocycles. The summed E-state index contributed by atoms with van der Waals surface area (Å²) in [4.78, 5) is 25.6. The molecule has 3 nitrogen and oxygen atoms in total. The second-order valence-corrected chi connectivity index (χ2v) is 6.34. The Bertz CT molecular complexity index is 710. The van der Waals surface area contributed by atoms with E-state index in [9.17, 15) is 9.59 Å². The Morgan fingerprint density at radius 2 is 1.55 bits per heavy atom. The number of ketones is 1. The molecule has 0 unspecified atom stereocenters. The van der Waals surface area contributed by atoms with Crippen LogP contribution in [-0.4, -0.2) is 11.7 Å². The number of Topliss-reactive ketones (excluding diaryl/α,β-unsaturated/α-hetero) is 1. The molecule has 1 aliphatic rings. The number of anilines is 1. The van der Waals surface area contributed by atoms with Crippen molar-refractivity contribution >= 4 is 49.2 Å². The fraction of sp³-hybridized carbons (Fsp3) is 0.0667. The van der Waals surface area contributed by atoms with E-state index in [1.54, 1.807) is 12.1 Å². The largest absolute Gasteiger partial charge is 0.300 e. The van der Waals surface area contributed by atoms with E-state index in [1.807, 2.05) is 30.3 Å². The summed E-state index contributed by atoms with van der Waals surface area (Å²) in [6.07, 6.45) is 0. The molecule has 0 aromatic heterocycles. The Labute approximate surface area is 132 Å². The maximum absolute atomic E-state index is 12.1. The summed E-state index contributed by atoms with van der Waals surface area (Å²) in [5.41, 5.74) is 2.11. The third-order valence-electron chi connectivity index (χ3n) is 3.19. The van der Waals surface area contributed by atoms with Gasteiger partial charge in [0.15, 0.2) is 0 Å². The molecule has 1 aliphatic heterocycles. The number of carbonyl (C=O) groups is 2. The van der Waals surface area contributed by atoms with Crippen molar-refractivity contribution in [2.45, 2.75) is 6.54 Å². The van der Waals surface area contributed by atoms with Crippen LogP contribution in [0.15, 0.2) is 51.4 Å². The van der Waals surface area contributed by atoms with Crippen molar-refractivity contribution in [3.63, 3.8) is 0 Å². The van der Waals surface area contributed by atoms with Crippen LogP contribution in [0.2, 0.25) is 0 Å². The minimum Gasteiger partial charge on any atom is -0.300 e. The summed E-state index contributed by atoms with van der Waals surface area (Å²) >= 11 is 6.69. The maximum Gasteiger partial charge on any atom is 0.299 e. The van der Waals surface area contributed by atoms with Gasteiger partial charge in [-0.1, -0.05) is 44.0 Å². The quantitative estimate of drug-likeness (QED) is 0.723. The van der Waals surface area contributed by atoms with Gasteiger partial charge in [-0.15, -0.1) is 0 Å². The second-order valence-electron chi connectivity index (χ2n) is 4.51. The van der Waals surface area contributed by atoms with Gasteiger partial charge >= 0.3 is 0 Å². The van der Waals surface area contributed by atoms with E-state index in [4.69, 9.17) is 0 Å². The van der Waals surface area contributed by atoms with Crippen molar-refractivity contribution in [1.82, 2.24) is 0 Å². The first-order chi connectivity index (χ1) is 9.56. The van der Waals surface area contributed by atoms with E-state index < -0.39 is 11.7 Å². The predicted molar refractivity (Wildman–Crippen MR) is 83.8 cm³/mol. The minimum atomic E-state index is -0.471. The number of halogens is 2. The number of hydrogen-bond donors (Lipinski definition) is 0. The van der Waals surface area contributed by atoms with E-state index >= 15 is 0 Å². The number of rotatable bonds is 2. The van der Waals surface area contributed by atoms with Gasteiger partial charge in [0.05, 0.1) is 17.8 Å². The van der Waals surface area contributed by atoms with Crippen molar-refractivity contribution < 1.29 is 9.59 Å². The summed E-state index contributed by atoms with van der Waals surface area (Å²) in [5, 5.41) is 0. The molecule has 3 rings (SSSR count). The van der Waals surface area contributed by atoms with E-state index in [2.05, 4.69) is 31.9 Å². The second kappa shape index (κ2) is 5.14. The Morgan fingerprint density at radius 3 is 2.25 bits per heavy atom. The zero-order valence-electron chi connectivity index (χ0n) is 10.3. The molecule has 5 heteroatoms. The number of amides is 1. The lowest BCUT2D eigenvalue weighted by atomic mass is 10.1. The summed E-state index contributed by atoms with van der Waals surface area (Å²) in [7, 11) is 0. The van der Waals surface area contributed by atoms with Crippen LogP contribution in [0.25, 0.3) is 0 Å². The first-order valence-electron chi connectivity index (χ1n) is 5.96. The van der Waals surface area contributed by atoms with Crippen LogP contribution in [0.5, 0.6) is 0 Å². The van der Waals surface area contributed by atoms with Crippen LogP contribution in [0.1, 0.15) is 15.9 Å². The van der Waals surface area contributed by atoms with Crippen molar-refractivity contribution in [2.75, 3.05) is 4.90 Å². The molecule has 100 valence electrons. The van der Waals surface area contributed by atoms with Gasteiger partial charge in [0, 0.05) is 8.95 Å². The van der Waals surface area contributed by atoms with Crippen LogP contribution < -0.4 is 4.90 Å². The van der Waals surface area contributed by atoms with Crippen molar-refractivity contribution in [3.8, 4) is 0 Å². The van der Waals surface area contributed by atoms with Crippen LogP contribution in [0.4, 0.5) is 5.69 Å². The fourth-order valence-electron chi connectivity index (χ4n) is 2.20. The molecule has 20 heavy (non-hydrogen) atoms. The van der Waals surface area contributed by atoms with E-state index in [1.165, 1.54) is 4.90 Å². The Kier molecular flexibility index (Phi) is 3.48. The predicted octanol–water partition coefficient (Wildman–Crippen LogP) is 3.94. The van der Waals surface area contributed by atoms with Crippen molar-refractivity contribution in [2.24, 2.45) is 0 Å². The van der Waals surface area contributed by atoms with Gasteiger partial charge < -0.3 is 4.90 Å². The Morgan fingerprint density at radius 1 is 0.900 bits per heavy atom. The molecular weight excluding hydrogens is 386 g/mol. The van der Waals surface area contributed by atoms with Gasteiger partial charge in [-0.2, -0.15) is 0 Å². The third-order valence-corrected chi connectivity index (χ3v) is 4.21. The number of carbonyl (C=O) groups excluding carboxylic acids is 2. The average Bonchev–Trinajstić information content (AvgIpc) is 2.66. The van der Waals surface area contributed by atoms with E-state index in [0.717, 1.165) is 14.5 Å². The van der Waals surface area contributed by atoms with Crippen LogP contribution in [-0.2, 0) is 11.3 Å². The van der Waals surface area contributed by atoms with Crippen molar-refractivity contribution in [1.29, 1.82) is 0 Å². The zero-order chi connectivity index (χ0) is 14.3. The van der Waals surface area contributed by atoms with Crippen LogP contribution in [0, 0.1) is 0 Å². The molecule has 0 aliphatic carbocycles. The lowest BCUT2D eigenvalue weighted by Crippen LogP contribution is -2.29. The highest BCUT2D eigenvalue weighted by Crippen LogP contribution is 2.32. The number of fused-ring (bicyclic) bond motifs is 1. The molecule has 1 amide bonds. The Hall–Kier alpha value is -1.46. The monoisotopic (exact) mass is 393 g/mol. The molecule has 2 aromatic rings. The highest BCUT2D eigenvalue weighted by atomic mass is 79.9. The minimum absolute atomic E-state index is 0.395. The standard InChI is InChI=1S/C15H9Br2NO2/c16-10-3-1-9(2-4-10)8-18-13-6-5-11(17)7-12(13)14(19)15(18)20/h1-7H,8H2. The molecule has 0 N–H and O–H groups in total. The topological polar surface area (TPSA) is 37.4 Å². The third kappa shape index (κ3) is 2.31. The van der Waals surface area contributed by atoms with E-state index in [0.29, 0.717) is 17.8 Å². The molecule has 0 radical (unpaired) electrons. The van der Waals surface area contributed by atoms with Crippen LogP contribution >= 0.6 is 31.9 Å². The lowest BCUT2D eigenvalue weighted by molar-refractivity contribution is -0.114. The smallest absolute Gasteiger partial charge is 0.299 e. The number of nitrogens with zero attached hydrogens (tertiary/aromatic N) is 1. The summed E-state index contributed by atoms with van der Waals surface area (Å²) < 4.78 is 1.78. The first kappa shape index (κ1) is 13.5. The normalized spacial score (nSPS) is 13.8. The van der Waals surface area contributed by atoms with E-state index in [-0.39, 0.29) is 0 Å². The molecule has 0 atom stereocenters. The maximum atomic E-state index is 12.1. The SMILES string of the molecule is O=C1C(=O)N(Cc2ccc(Br)cc2)c2ccc(Br)cc21. The molecular formula is C15H9Br2NO2. The molecule has 0 spiro atoms. The molecule has 0 saturated heterocycles. The zero-order valence-corrected chi connectivity index (χ0v) is 13.4. The summed E-state index contributed by atoms with van der Waals surface area (Å²) in [6, 6.07) is 13.0. The fourth-order valence-corrected chi connectivity index (χ4v) is 2.83. The van der Waals surface area contributed by atoms with Gasteiger partial charge in [0.1, 0.15) is 0 Å². The van der Waals surface area contributed by atoms with Gasteiger partial charge in [0.2, 0.25) is 0 Å². The van der Waals surface area contributed by atoms with Gasteiger partial charge in [-0.05, 0) is 35.9 Å². The molecule has 0 saturated carbocycles. The first-order valence-corrected chi connectivity index (χ1v) is 7.55. The Balaban J connectivity index is 1.97. The van der Waals surface area contributed by atoms with Gasteiger partial charge in [0.25, 0.3) is 11.7 Å². The van der Waals surface area contributed by atoms with Gasteiger partial charge in [-0.3, -0.25) is 9.59 Å². The van der Waals surface area contributed by atoms with Crippen LogP contribution in [0.3, 0.4) is 0 Å². The molecule has 0 fully saturated rings. The lowest BCUT2D eigenvalue weighted by Gasteiger charge is -2.16. The molecule has 0 bridgehead atoms. The number of benzene rings is 2. The molecule has 2 aromatic carbocycles. The van der Waals surface area contributed by atoms with Gasteiger partial charge in [-0.25, -0.2) is 0 Å². The van der Waals surface area contributed by atoms with Crippen molar-refractivity contribution in [3.05, 3.63) is 62.5 Å². The summed E-state index contributed by atoms with van der Waals surface area (Å²) in [5.74, 6) is -0.917. The number of hydrogen-bond acceptors (Lipinski definition) is 2. The highest BCUT2D eigenvalue weighted by molar-refractivity contribution is 9.10. The average molecular weight is 395 g/mol. The summed E-state index contributed by atoms with van der Waals surface area (Å²) in [6.45, 7) is 0.395. The highest BCUT2D eigenvalue weighted by Gasteiger charge is 2.35.